The third-order valence-corrected chi connectivity index (χ3v) is 3.65. The minimum absolute atomic E-state index is 0.0379. The van der Waals surface area contributed by atoms with Crippen LogP contribution in [0, 0.1) is 0 Å². The molecule has 0 bridgehead atoms. The Hall–Kier alpha value is -1.16. The van der Waals surface area contributed by atoms with E-state index < -0.39 is 0 Å². The molecule has 0 saturated heterocycles. The third-order valence-electron chi connectivity index (χ3n) is 2.29. The van der Waals surface area contributed by atoms with Gasteiger partial charge >= 0.3 is 0 Å². The maximum atomic E-state index is 9.24. The van der Waals surface area contributed by atoms with Crippen LogP contribution in [-0.2, 0) is 6.61 Å². The Labute approximate surface area is 109 Å². The summed E-state index contributed by atoms with van der Waals surface area (Å²) in [6, 6.07) is 7.54. The average Bonchev–Trinajstić information content (AvgIpc) is 2.74. The molecule has 1 N–H and O–H groups in total. The Bertz CT molecular complexity index is 531. The van der Waals surface area contributed by atoms with Gasteiger partial charge in [0.1, 0.15) is 5.01 Å². The number of hydrogen-bond donors (Lipinski definition) is 1. The van der Waals surface area contributed by atoms with E-state index >= 15 is 0 Å². The van der Waals surface area contributed by atoms with Crippen LogP contribution < -0.4 is 0 Å². The SMILES string of the molecule is CC=Cc1sc(-c2ccc(Cl)cc2)nc1CO. The number of rotatable bonds is 3. The second kappa shape index (κ2) is 5.45. The van der Waals surface area contributed by atoms with Crippen molar-refractivity contribution in [3.05, 3.63) is 45.9 Å². The van der Waals surface area contributed by atoms with Crippen LogP contribution in [0.4, 0.5) is 0 Å². The fourth-order valence-corrected chi connectivity index (χ4v) is 2.65. The summed E-state index contributed by atoms with van der Waals surface area (Å²) in [6.45, 7) is 1.91. The molecule has 2 aromatic rings. The van der Waals surface area contributed by atoms with Gasteiger partial charge in [-0.15, -0.1) is 11.3 Å². The molecule has 88 valence electrons. The Morgan fingerprint density at radius 3 is 2.65 bits per heavy atom. The Morgan fingerprint density at radius 2 is 2.06 bits per heavy atom. The van der Waals surface area contributed by atoms with Crippen LogP contribution >= 0.6 is 22.9 Å². The lowest BCUT2D eigenvalue weighted by Crippen LogP contribution is -1.85. The van der Waals surface area contributed by atoms with Gasteiger partial charge < -0.3 is 5.11 Å². The highest BCUT2D eigenvalue weighted by Crippen LogP contribution is 2.29. The van der Waals surface area contributed by atoms with Crippen LogP contribution in [0.2, 0.25) is 5.02 Å². The molecule has 1 heterocycles. The molecule has 0 saturated carbocycles. The summed E-state index contributed by atoms with van der Waals surface area (Å²) in [5, 5.41) is 10.8. The van der Waals surface area contributed by atoms with Gasteiger partial charge in [-0.05, 0) is 25.1 Å². The molecule has 0 radical (unpaired) electrons. The van der Waals surface area contributed by atoms with Crippen LogP contribution in [0.3, 0.4) is 0 Å². The lowest BCUT2D eigenvalue weighted by Gasteiger charge is -1.95. The van der Waals surface area contributed by atoms with Gasteiger partial charge in [-0.2, -0.15) is 0 Å². The highest BCUT2D eigenvalue weighted by Gasteiger charge is 2.09. The standard InChI is InChI=1S/C13H12ClNOS/c1-2-3-12-11(8-16)15-13(17-12)9-4-6-10(14)7-5-9/h2-7,16H,8H2,1H3. The number of thiazole rings is 1. The molecular formula is C13H12ClNOS. The Kier molecular flexibility index (Phi) is 3.94. The highest BCUT2D eigenvalue weighted by atomic mass is 35.5. The predicted molar refractivity (Wildman–Crippen MR) is 73.2 cm³/mol. The number of halogens is 1. The normalized spacial score (nSPS) is 11.2. The fraction of sp³-hybridized carbons (Fsp3) is 0.154. The quantitative estimate of drug-likeness (QED) is 0.910. The lowest BCUT2D eigenvalue weighted by atomic mass is 10.2. The molecule has 0 aliphatic rings. The monoisotopic (exact) mass is 265 g/mol. The zero-order valence-electron chi connectivity index (χ0n) is 9.35. The number of aliphatic hydroxyl groups excluding tert-OH is 1. The smallest absolute Gasteiger partial charge is 0.124 e. The molecular weight excluding hydrogens is 254 g/mol. The maximum Gasteiger partial charge on any atom is 0.124 e. The van der Waals surface area contributed by atoms with E-state index in [9.17, 15) is 5.11 Å². The first kappa shape index (κ1) is 12.3. The molecule has 0 amide bonds. The first-order valence-corrected chi connectivity index (χ1v) is 6.43. The van der Waals surface area contributed by atoms with Crippen LogP contribution in [0.15, 0.2) is 30.3 Å². The van der Waals surface area contributed by atoms with Gasteiger partial charge in [0.25, 0.3) is 0 Å². The van der Waals surface area contributed by atoms with Crippen LogP contribution in [-0.4, -0.2) is 10.1 Å². The molecule has 0 unspecified atom stereocenters. The zero-order chi connectivity index (χ0) is 12.3. The fourth-order valence-electron chi connectivity index (χ4n) is 1.47. The van der Waals surface area contributed by atoms with E-state index in [4.69, 9.17) is 11.6 Å². The summed E-state index contributed by atoms with van der Waals surface area (Å²) in [4.78, 5) is 5.42. The molecule has 0 atom stereocenters. The highest BCUT2D eigenvalue weighted by molar-refractivity contribution is 7.16. The summed E-state index contributed by atoms with van der Waals surface area (Å²) < 4.78 is 0. The van der Waals surface area contributed by atoms with E-state index in [0.717, 1.165) is 21.1 Å². The molecule has 2 nitrogen and oxygen atoms in total. The second-order valence-electron chi connectivity index (χ2n) is 3.49. The van der Waals surface area contributed by atoms with Crippen molar-refractivity contribution in [3.8, 4) is 10.6 Å². The minimum Gasteiger partial charge on any atom is -0.390 e. The average molecular weight is 266 g/mol. The predicted octanol–water partition coefficient (Wildman–Crippen LogP) is 3.99. The van der Waals surface area contributed by atoms with Gasteiger partial charge in [0.15, 0.2) is 0 Å². The number of benzene rings is 1. The molecule has 0 aliphatic carbocycles. The molecule has 2 rings (SSSR count). The van der Waals surface area contributed by atoms with E-state index in [1.165, 1.54) is 0 Å². The molecule has 4 heteroatoms. The van der Waals surface area contributed by atoms with Gasteiger partial charge in [0, 0.05) is 10.6 Å². The molecule has 0 spiro atoms. The minimum atomic E-state index is -0.0379. The van der Waals surface area contributed by atoms with Gasteiger partial charge in [0.05, 0.1) is 17.2 Å². The molecule has 0 fully saturated rings. The van der Waals surface area contributed by atoms with Gasteiger partial charge in [-0.25, -0.2) is 4.98 Å². The summed E-state index contributed by atoms with van der Waals surface area (Å²) in [5.41, 5.74) is 1.74. The number of hydrogen-bond acceptors (Lipinski definition) is 3. The van der Waals surface area contributed by atoms with Crippen molar-refractivity contribution in [2.24, 2.45) is 0 Å². The maximum absolute atomic E-state index is 9.24. The van der Waals surface area contributed by atoms with Crippen molar-refractivity contribution < 1.29 is 5.11 Å². The van der Waals surface area contributed by atoms with E-state index in [2.05, 4.69) is 4.98 Å². The second-order valence-corrected chi connectivity index (χ2v) is 4.96. The van der Waals surface area contributed by atoms with Crippen LogP contribution in [0.1, 0.15) is 17.5 Å². The first-order valence-electron chi connectivity index (χ1n) is 5.23. The Morgan fingerprint density at radius 1 is 1.35 bits per heavy atom. The van der Waals surface area contributed by atoms with Crippen molar-refractivity contribution in [2.45, 2.75) is 13.5 Å². The lowest BCUT2D eigenvalue weighted by molar-refractivity contribution is 0.277. The number of nitrogens with zero attached hydrogens (tertiary/aromatic N) is 1. The number of aliphatic hydroxyl groups is 1. The Balaban J connectivity index is 2.42. The number of allylic oxidation sites excluding steroid dienone is 1. The van der Waals surface area contributed by atoms with Gasteiger partial charge in [-0.3, -0.25) is 0 Å². The molecule has 1 aromatic heterocycles. The third kappa shape index (κ3) is 2.75. The van der Waals surface area contributed by atoms with Crippen molar-refractivity contribution in [1.82, 2.24) is 4.98 Å². The van der Waals surface area contributed by atoms with Crippen LogP contribution in [0.5, 0.6) is 0 Å². The molecule has 17 heavy (non-hydrogen) atoms. The van der Waals surface area contributed by atoms with Crippen molar-refractivity contribution >= 4 is 29.0 Å². The van der Waals surface area contributed by atoms with E-state index in [1.54, 1.807) is 11.3 Å². The number of aromatic nitrogens is 1. The van der Waals surface area contributed by atoms with Crippen molar-refractivity contribution in [3.63, 3.8) is 0 Å². The molecule has 1 aromatic carbocycles. The first-order chi connectivity index (χ1) is 8.24. The summed E-state index contributed by atoms with van der Waals surface area (Å²) in [5.74, 6) is 0. The van der Waals surface area contributed by atoms with Gasteiger partial charge in [0.2, 0.25) is 0 Å². The van der Waals surface area contributed by atoms with Gasteiger partial charge in [-0.1, -0.05) is 29.8 Å². The summed E-state index contributed by atoms with van der Waals surface area (Å²) in [6.07, 6.45) is 3.90. The summed E-state index contributed by atoms with van der Waals surface area (Å²) in [7, 11) is 0. The largest absolute Gasteiger partial charge is 0.390 e. The van der Waals surface area contributed by atoms with E-state index in [-0.39, 0.29) is 6.61 Å². The topological polar surface area (TPSA) is 33.1 Å². The van der Waals surface area contributed by atoms with Crippen molar-refractivity contribution in [1.29, 1.82) is 0 Å². The summed E-state index contributed by atoms with van der Waals surface area (Å²) >= 11 is 7.41. The van der Waals surface area contributed by atoms with E-state index in [0.29, 0.717) is 5.02 Å². The van der Waals surface area contributed by atoms with E-state index in [1.807, 2.05) is 43.3 Å². The molecule has 0 aliphatic heterocycles. The zero-order valence-corrected chi connectivity index (χ0v) is 10.9. The van der Waals surface area contributed by atoms with Crippen LogP contribution in [0.25, 0.3) is 16.6 Å². The van der Waals surface area contributed by atoms with Crippen molar-refractivity contribution in [2.75, 3.05) is 0 Å².